The monoisotopic (exact) mass is 259 g/mol. The molecule has 0 spiro atoms. The van der Waals surface area contributed by atoms with Gasteiger partial charge >= 0.3 is 0 Å². The normalized spacial score (nSPS) is 24.3. The SMILES string of the molecule is Cc1ccc(C)c(NC2CCC(C(C)(C)C)CC2)c1. The first kappa shape index (κ1) is 14.4. The Hall–Kier alpha value is -0.980. The van der Waals surface area contributed by atoms with Crippen molar-refractivity contribution in [2.45, 2.75) is 66.3 Å². The Kier molecular flexibility index (Phi) is 4.23. The standard InChI is InChI=1S/C18H29N/c1-13-6-7-14(2)17(12-13)19-16-10-8-15(9-11-16)18(3,4)5/h6-7,12,15-16,19H,8-11H2,1-5H3. The molecule has 0 aliphatic heterocycles. The van der Waals surface area contributed by atoms with Crippen molar-refractivity contribution in [1.82, 2.24) is 0 Å². The topological polar surface area (TPSA) is 12.0 Å². The van der Waals surface area contributed by atoms with Crippen LogP contribution in [-0.4, -0.2) is 6.04 Å². The van der Waals surface area contributed by atoms with Crippen molar-refractivity contribution >= 4 is 5.69 Å². The molecule has 0 unspecified atom stereocenters. The summed E-state index contributed by atoms with van der Waals surface area (Å²) in [5, 5.41) is 3.76. The summed E-state index contributed by atoms with van der Waals surface area (Å²) in [5.41, 5.74) is 4.52. The zero-order valence-electron chi connectivity index (χ0n) is 13.2. The van der Waals surface area contributed by atoms with E-state index in [-0.39, 0.29) is 0 Å². The lowest BCUT2D eigenvalue weighted by Crippen LogP contribution is -2.31. The smallest absolute Gasteiger partial charge is 0.0374 e. The maximum Gasteiger partial charge on any atom is 0.0374 e. The fraction of sp³-hybridized carbons (Fsp3) is 0.667. The summed E-state index contributed by atoms with van der Waals surface area (Å²) < 4.78 is 0. The maximum atomic E-state index is 3.76. The lowest BCUT2D eigenvalue weighted by Gasteiger charge is -2.37. The Morgan fingerprint density at radius 1 is 1.00 bits per heavy atom. The van der Waals surface area contributed by atoms with Crippen molar-refractivity contribution in [1.29, 1.82) is 0 Å². The lowest BCUT2D eigenvalue weighted by atomic mass is 9.71. The molecule has 1 heteroatoms. The molecule has 1 aromatic carbocycles. The minimum atomic E-state index is 0.476. The van der Waals surface area contributed by atoms with Gasteiger partial charge in [-0.1, -0.05) is 32.9 Å². The highest BCUT2D eigenvalue weighted by Gasteiger charge is 2.29. The molecular formula is C18H29N. The fourth-order valence-electron chi connectivity index (χ4n) is 3.22. The minimum absolute atomic E-state index is 0.476. The van der Waals surface area contributed by atoms with Crippen LogP contribution in [0.2, 0.25) is 0 Å². The highest BCUT2D eigenvalue weighted by atomic mass is 14.9. The van der Waals surface area contributed by atoms with Crippen molar-refractivity contribution in [2.75, 3.05) is 5.32 Å². The summed E-state index contributed by atoms with van der Waals surface area (Å²) in [7, 11) is 0. The molecule has 0 aromatic heterocycles. The van der Waals surface area contributed by atoms with Crippen molar-refractivity contribution in [3.05, 3.63) is 29.3 Å². The van der Waals surface area contributed by atoms with Crippen LogP contribution in [0.4, 0.5) is 5.69 Å². The average molecular weight is 259 g/mol. The molecule has 1 aliphatic rings. The number of benzene rings is 1. The second-order valence-corrected chi connectivity index (χ2v) is 7.38. The van der Waals surface area contributed by atoms with Crippen LogP contribution in [0.1, 0.15) is 57.6 Å². The van der Waals surface area contributed by atoms with E-state index in [0.717, 1.165) is 5.92 Å². The number of rotatable bonds is 2. The van der Waals surface area contributed by atoms with E-state index in [1.54, 1.807) is 0 Å². The van der Waals surface area contributed by atoms with Crippen LogP contribution in [-0.2, 0) is 0 Å². The van der Waals surface area contributed by atoms with Gasteiger partial charge in [-0.15, -0.1) is 0 Å². The molecular weight excluding hydrogens is 230 g/mol. The van der Waals surface area contributed by atoms with Gasteiger partial charge in [-0.05, 0) is 68.1 Å². The number of hydrogen-bond acceptors (Lipinski definition) is 1. The van der Waals surface area contributed by atoms with Crippen LogP contribution < -0.4 is 5.32 Å². The average Bonchev–Trinajstić information content (AvgIpc) is 2.33. The predicted molar refractivity (Wildman–Crippen MR) is 84.7 cm³/mol. The summed E-state index contributed by atoms with van der Waals surface area (Å²) in [6.07, 6.45) is 5.36. The van der Waals surface area contributed by atoms with Gasteiger partial charge in [0.2, 0.25) is 0 Å². The van der Waals surface area contributed by atoms with Gasteiger partial charge in [0.15, 0.2) is 0 Å². The first-order valence-corrected chi connectivity index (χ1v) is 7.70. The molecule has 1 aliphatic carbocycles. The van der Waals surface area contributed by atoms with Gasteiger partial charge in [0.05, 0.1) is 0 Å². The van der Waals surface area contributed by atoms with Gasteiger partial charge in [-0.3, -0.25) is 0 Å². The maximum absolute atomic E-state index is 3.76. The van der Waals surface area contributed by atoms with Gasteiger partial charge in [0, 0.05) is 11.7 Å². The third kappa shape index (κ3) is 3.75. The predicted octanol–water partition coefficient (Wildman–Crippen LogP) is 5.32. The fourth-order valence-corrected chi connectivity index (χ4v) is 3.22. The summed E-state index contributed by atoms with van der Waals surface area (Å²) in [5.74, 6) is 0.893. The minimum Gasteiger partial charge on any atom is -0.382 e. The number of anilines is 1. The van der Waals surface area contributed by atoms with E-state index in [4.69, 9.17) is 0 Å². The lowest BCUT2D eigenvalue weighted by molar-refractivity contribution is 0.173. The van der Waals surface area contributed by atoms with Crippen LogP contribution in [0.3, 0.4) is 0 Å². The molecule has 1 fully saturated rings. The van der Waals surface area contributed by atoms with E-state index in [2.05, 4.69) is 58.1 Å². The highest BCUT2D eigenvalue weighted by molar-refractivity contribution is 5.53. The van der Waals surface area contributed by atoms with Crippen molar-refractivity contribution < 1.29 is 0 Å². The van der Waals surface area contributed by atoms with Crippen LogP contribution >= 0.6 is 0 Å². The van der Waals surface area contributed by atoms with E-state index >= 15 is 0 Å². The highest BCUT2D eigenvalue weighted by Crippen LogP contribution is 2.38. The Morgan fingerprint density at radius 3 is 2.21 bits per heavy atom. The Bertz CT molecular complexity index is 420. The number of nitrogens with one attached hydrogen (secondary N) is 1. The molecule has 0 radical (unpaired) electrons. The van der Waals surface area contributed by atoms with Gasteiger partial charge in [-0.2, -0.15) is 0 Å². The van der Waals surface area contributed by atoms with Gasteiger partial charge in [0.1, 0.15) is 0 Å². The molecule has 0 amide bonds. The second kappa shape index (κ2) is 5.56. The third-order valence-electron chi connectivity index (χ3n) is 4.70. The summed E-state index contributed by atoms with van der Waals surface area (Å²) in [4.78, 5) is 0. The molecule has 19 heavy (non-hydrogen) atoms. The molecule has 0 atom stereocenters. The largest absolute Gasteiger partial charge is 0.382 e. The van der Waals surface area contributed by atoms with Gasteiger partial charge in [-0.25, -0.2) is 0 Å². The quantitative estimate of drug-likeness (QED) is 0.758. The van der Waals surface area contributed by atoms with E-state index in [1.807, 2.05) is 0 Å². The Balaban J connectivity index is 1.94. The van der Waals surface area contributed by atoms with Crippen LogP contribution in [0.5, 0.6) is 0 Å². The molecule has 0 heterocycles. The Morgan fingerprint density at radius 2 is 1.63 bits per heavy atom. The van der Waals surface area contributed by atoms with E-state index in [0.29, 0.717) is 11.5 Å². The van der Waals surface area contributed by atoms with E-state index < -0.39 is 0 Å². The molecule has 0 saturated heterocycles. The van der Waals surface area contributed by atoms with E-state index in [9.17, 15) is 0 Å². The van der Waals surface area contributed by atoms with Crippen molar-refractivity contribution in [3.63, 3.8) is 0 Å². The third-order valence-corrected chi connectivity index (χ3v) is 4.70. The first-order chi connectivity index (χ1) is 8.86. The zero-order chi connectivity index (χ0) is 14.0. The van der Waals surface area contributed by atoms with Crippen molar-refractivity contribution in [3.8, 4) is 0 Å². The van der Waals surface area contributed by atoms with E-state index in [1.165, 1.54) is 42.5 Å². The second-order valence-electron chi connectivity index (χ2n) is 7.38. The van der Waals surface area contributed by atoms with Gasteiger partial charge in [0.25, 0.3) is 0 Å². The number of hydrogen-bond donors (Lipinski definition) is 1. The molecule has 1 N–H and O–H groups in total. The molecule has 1 saturated carbocycles. The van der Waals surface area contributed by atoms with Gasteiger partial charge < -0.3 is 5.32 Å². The van der Waals surface area contributed by atoms with Crippen LogP contribution in [0.25, 0.3) is 0 Å². The molecule has 1 nitrogen and oxygen atoms in total. The zero-order valence-corrected chi connectivity index (χ0v) is 13.2. The molecule has 106 valence electrons. The summed E-state index contributed by atoms with van der Waals surface area (Å²) in [6, 6.07) is 7.36. The first-order valence-electron chi connectivity index (χ1n) is 7.70. The molecule has 1 aromatic rings. The van der Waals surface area contributed by atoms with Crippen LogP contribution in [0, 0.1) is 25.2 Å². The van der Waals surface area contributed by atoms with Crippen LogP contribution in [0.15, 0.2) is 18.2 Å². The van der Waals surface area contributed by atoms with Crippen molar-refractivity contribution in [2.24, 2.45) is 11.3 Å². The summed E-state index contributed by atoms with van der Waals surface area (Å²) in [6.45, 7) is 11.5. The number of aryl methyl sites for hydroxylation is 2. The summed E-state index contributed by atoms with van der Waals surface area (Å²) >= 11 is 0. The Labute approximate surface area is 118 Å². The molecule has 0 bridgehead atoms. The molecule has 2 rings (SSSR count).